The van der Waals surface area contributed by atoms with Crippen LogP contribution in [0.5, 0.6) is 0 Å². The number of hydrogen-bond acceptors (Lipinski definition) is 3. The van der Waals surface area contributed by atoms with Gasteiger partial charge in [-0.3, -0.25) is 0 Å². The molecular weight excluding hydrogens is 264 g/mol. The van der Waals surface area contributed by atoms with Crippen molar-refractivity contribution in [2.24, 2.45) is 5.92 Å². The predicted octanol–water partition coefficient (Wildman–Crippen LogP) is 5.01. The Bertz CT molecular complexity index is 245. The quantitative estimate of drug-likeness (QED) is 0.545. The Balaban J connectivity index is 2.38. The van der Waals surface area contributed by atoms with Crippen molar-refractivity contribution in [2.75, 3.05) is 0 Å². The van der Waals surface area contributed by atoms with Crippen LogP contribution in [-0.2, 0) is 9.47 Å². The highest BCUT2D eigenvalue weighted by Crippen LogP contribution is 2.32. The Labute approximate surface area is 131 Å². The molecule has 3 nitrogen and oxygen atoms in total. The van der Waals surface area contributed by atoms with Gasteiger partial charge < -0.3 is 14.6 Å². The standard InChI is InChI=1S/C18H36O3/c1-4-7-9-10-11-14-17-20-16(13-8-5-2)15(12-6-3)18(19)21-17/h15-19H,4-14H2,1-3H3. The maximum Gasteiger partial charge on any atom is 0.162 e. The van der Waals surface area contributed by atoms with Gasteiger partial charge in [0.15, 0.2) is 12.6 Å². The molecule has 1 fully saturated rings. The largest absolute Gasteiger partial charge is 0.368 e. The number of aliphatic hydroxyl groups is 1. The lowest BCUT2D eigenvalue weighted by atomic mass is 9.91. The van der Waals surface area contributed by atoms with Crippen molar-refractivity contribution in [2.45, 2.75) is 110 Å². The van der Waals surface area contributed by atoms with E-state index in [1.54, 1.807) is 0 Å². The molecule has 0 aromatic carbocycles. The number of aliphatic hydroxyl groups excluding tert-OH is 1. The molecule has 0 amide bonds. The van der Waals surface area contributed by atoms with Crippen LogP contribution in [-0.4, -0.2) is 23.8 Å². The topological polar surface area (TPSA) is 38.7 Å². The second kappa shape index (κ2) is 11.4. The van der Waals surface area contributed by atoms with Crippen molar-refractivity contribution in [3.8, 4) is 0 Å². The normalized spacial score (nSPS) is 29.7. The first-order valence-electron chi connectivity index (χ1n) is 9.21. The third kappa shape index (κ3) is 7.12. The lowest BCUT2D eigenvalue weighted by molar-refractivity contribution is -0.324. The molecule has 0 saturated carbocycles. The molecule has 4 atom stereocenters. The van der Waals surface area contributed by atoms with Crippen molar-refractivity contribution in [1.29, 1.82) is 0 Å². The molecule has 1 saturated heterocycles. The Morgan fingerprint density at radius 3 is 2.10 bits per heavy atom. The first-order chi connectivity index (χ1) is 10.2. The van der Waals surface area contributed by atoms with Gasteiger partial charge in [0.05, 0.1) is 6.10 Å². The van der Waals surface area contributed by atoms with E-state index in [2.05, 4.69) is 20.8 Å². The maximum atomic E-state index is 10.3. The van der Waals surface area contributed by atoms with Crippen LogP contribution in [0.15, 0.2) is 0 Å². The van der Waals surface area contributed by atoms with Gasteiger partial charge in [0.1, 0.15) is 0 Å². The van der Waals surface area contributed by atoms with Gasteiger partial charge in [0, 0.05) is 5.92 Å². The fraction of sp³-hybridized carbons (Fsp3) is 1.00. The summed E-state index contributed by atoms with van der Waals surface area (Å²) in [5, 5.41) is 10.3. The molecule has 0 radical (unpaired) electrons. The number of ether oxygens (including phenoxy) is 2. The number of unbranched alkanes of at least 4 members (excludes halogenated alkanes) is 5. The molecule has 1 rings (SSSR count). The molecular formula is C18H36O3. The zero-order valence-electron chi connectivity index (χ0n) is 14.4. The zero-order chi connectivity index (χ0) is 15.5. The third-order valence-corrected chi connectivity index (χ3v) is 4.47. The fourth-order valence-electron chi connectivity index (χ4n) is 3.17. The molecule has 1 aliphatic heterocycles. The summed E-state index contributed by atoms with van der Waals surface area (Å²) >= 11 is 0. The summed E-state index contributed by atoms with van der Waals surface area (Å²) < 4.78 is 11.8. The van der Waals surface area contributed by atoms with Crippen LogP contribution >= 0.6 is 0 Å². The third-order valence-electron chi connectivity index (χ3n) is 4.47. The summed E-state index contributed by atoms with van der Waals surface area (Å²) in [7, 11) is 0. The molecule has 3 heteroatoms. The van der Waals surface area contributed by atoms with E-state index in [0.29, 0.717) is 0 Å². The van der Waals surface area contributed by atoms with Gasteiger partial charge in [-0.2, -0.15) is 0 Å². The van der Waals surface area contributed by atoms with E-state index in [9.17, 15) is 5.11 Å². The highest BCUT2D eigenvalue weighted by Gasteiger charge is 2.37. The molecule has 1 heterocycles. The molecule has 1 N–H and O–H groups in total. The minimum Gasteiger partial charge on any atom is -0.368 e. The minimum atomic E-state index is -0.638. The minimum absolute atomic E-state index is 0.151. The van der Waals surface area contributed by atoms with E-state index in [1.165, 1.54) is 38.5 Å². The van der Waals surface area contributed by atoms with Crippen molar-refractivity contribution >= 4 is 0 Å². The van der Waals surface area contributed by atoms with E-state index in [4.69, 9.17) is 9.47 Å². The second-order valence-corrected chi connectivity index (χ2v) is 6.43. The van der Waals surface area contributed by atoms with Crippen LogP contribution in [0.2, 0.25) is 0 Å². The SMILES string of the molecule is CCCCCCCC1OC(O)C(CCC)C(CCCC)O1. The van der Waals surface area contributed by atoms with Crippen LogP contribution in [0.25, 0.3) is 0 Å². The zero-order valence-corrected chi connectivity index (χ0v) is 14.4. The molecule has 126 valence electrons. The molecule has 4 unspecified atom stereocenters. The van der Waals surface area contributed by atoms with Crippen LogP contribution in [0.1, 0.15) is 91.4 Å². The van der Waals surface area contributed by atoms with Gasteiger partial charge in [-0.15, -0.1) is 0 Å². The van der Waals surface area contributed by atoms with Crippen molar-refractivity contribution in [3.05, 3.63) is 0 Å². The Morgan fingerprint density at radius 2 is 1.43 bits per heavy atom. The van der Waals surface area contributed by atoms with E-state index < -0.39 is 6.29 Å². The van der Waals surface area contributed by atoms with Gasteiger partial charge in [0.25, 0.3) is 0 Å². The lowest BCUT2D eigenvalue weighted by Gasteiger charge is -2.40. The average Bonchev–Trinajstić information content (AvgIpc) is 2.48. The summed E-state index contributed by atoms with van der Waals surface area (Å²) in [4.78, 5) is 0. The molecule has 1 aliphatic rings. The Hall–Kier alpha value is -0.120. The molecule has 0 aromatic heterocycles. The van der Waals surface area contributed by atoms with Gasteiger partial charge in [-0.25, -0.2) is 0 Å². The van der Waals surface area contributed by atoms with Crippen LogP contribution in [0, 0.1) is 5.92 Å². The summed E-state index contributed by atoms with van der Waals surface area (Å²) in [6.45, 7) is 6.59. The summed E-state index contributed by atoms with van der Waals surface area (Å²) in [6, 6.07) is 0. The van der Waals surface area contributed by atoms with Crippen LogP contribution in [0.3, 0.4) is 0 Å². The average molecular weight is 300 g/mol. The van der Waals surface area contributed by atoms with Gasteiger partial charge >= 0.3 is 0 Å². The van der Waals surface area contributed by atoms with Gasteiger partial charge in [-0.05, 0) is 25.7 Å². The van der Waals surface area contributed by atoms with E-state index >= 15 is 0 Å². The second-order valence-electron chi connectivity index (χ2n) is 6.43. The molecule has 0 aromatic rings. The van der Waals surface area contributed by atoms with E-state index in [0.717, 1.165) is 32.1 Å². The van der Waals surface area contributed by atoms with Crippen LogP contribution in [0.4, 0.5) is 0 Å². The molecule has 0 spiro atoms. The Morgan fingerprint density at radius 1 is 0.714 bits per heavy atom. The molecule has 0 aliphatic carbocycles. The smallest absolute Gasteiger partial charge is 0.162 e. The van der Waals surface area contributed by atoms with Crippen LogP contribution < -0.4 is 0 Å². The lowest BCUT2D eigenvalue weighted by Crippen LogP contribution is -2.46. The van der Waals surface area contributed by atoms with E-state index in [-0.39, 0.29) is 18.3 Å². The predicted molar refractivity (Wildman–Crippen MR) is 87.1 cm³/mol. The summed E-state index contributed by atoms with van der Waals surface area (Å²) in [5.74, 6) is 0.151. The molecule has 21 heavy (non-hydrogen) atoms. The summed E-state index contributed by atoms with van der Waals surface area (Å²) in [6.07, 6.45) is 12.0. The van der Waals surface area contributed by atoms with E-state index in [1.807, 2.05) is 0 Å². The van der Waals surface area contributed by atoms with Gasteiger partial charge in [0.2, 0.25) is 0 Å². The first kappa shape index (κ1) is 18.9. The highest BCUT2D eigenvalue weighted by atomic mass is 16.7. The monoisotopic (exact) mass is 300 g/mol. The van der Waals surface area contributed by atoms with Crippen molar-refractivity contribution < 1.29 is 14.6 Å². The Kier molecular flexibility index (Phi) is 10.3. The fourth-order valence-corrected chi connectivity index (χ4v) is 3.17. The molecule has 0 bridgehead atoms. The van der Waals surface area contributed by atoms with Crippen molar-refractivity contribution in [1.82, 2.24) is 0 Å². The van der Waals surface area contributed by atoms with Gasteiger partial charge in [-0.1, -0.05) is 65.7 Å². The number of hydrogen-bond donors (Lipinski definition) is 1. The highest BCUT2D eigenvalue weighted by molar-refractivity contribution is 4.77. The summed E-state index contributed by atoms with van der Waals surface area (Å²) in [5.41, 5.74) is 0. The first-order valence-corrected chi connectivity index (χ1v) is 9.21. The maximum absolute atomic E-state index is 10.3. The van der Waals surface area contributed by atoms with Crippen molar-refractivity contribution in [3.63, 3.8) is 0 Å². The number of rotatable bonds is 11.